The molecule has 0 bridgehead atoms. The van der Waals surface area contributed by atoms with Gasteiger partial charge in [-0.1, -0.05) is 91.8 Å². The van der Waals surface area contributed by atoms with Crippen molar-refractivity contribution in [2.45, 2.75) is 88.9 Å². The summed E-state index contributed by atoms with van der Waals surface area (Å²) in [6.45, 7) is 16.6. The maximum absolute atomic E-state index is 12.8. The Bertz CT molecular complexity index is 2620. The minimum absolute atomic E-state index is 0.0659. The average molecular weight is 781 g/mol. The summed E-state index contributed by atoms with van der Waals surface area (Å²) in [6, 6.07) is 27.2. The van der Waals surface area contributed by atoms with Crippen LogP contribution in [0.5, 0.6) is 0 Å². The number of hydrogen-bond acceptors (Lipinski definition) is 8. The van der Waals surface area contributed by atoms with E-state index in [1.54, 1.807) is 36.4 Å². The predicted octanol–water partition coefficient (Wildman–Crippen LogP) is 11.3. The van der Waals surface area contributed by atoms with Crippen molar-refractivity contribution in [3.05, 3.63) is 119 Å². The van der Waals surface area contributed by atoms with Crippen LogP contribution in [-0.4, -0.2) is 28.5 Å². The molecule has 1 aliphatic heterocycles. The van der Waals surface area contributed by atoms with Crippen molar-refractivity contribution in [2.75, 3.05) is 12.4 Å². The number of nitrogens with zero attached hydrogens (tertiary/aromatic N) is 1. The second-order valence-electron chi connectivity index (χ2n) is 15.1. The number of anilines is 2. The van der Waals surface area contributed by atoms with Crippen molar-refractivity contribution in [2.24, 2.45) is 4.99 Å². The first kappa shape index (κ1) is 39.9. The molecule has 11 heteroatoms. The fourth-order valence-electron chi connectivity index (χ4n) is 7.08. The van der Waals surface area contributed by atoms with Crippen LogP contribution in [-0.2, 0) is 24.4 Å². The fraction of sp³-hybridized carbons (Fsp3) is 0.295. The van der Waals surface area contributed by atoms with Gasteiger partial charge in [0.2, 0.25) is 0 Å². The Morgan fingerprint density at radius 1 is 0.673 bits per heavy atom. The van der Waals surface area contributed by atoms with Crippen LogP contribution in [0.3, 0.4) is 0 Å². The summed E-state index contributed by atoms with van der Waals surface area (Å²) in [5.41, 5.74) is 8.36. The Morgan fingerprint density at radius 3 is 1.84 bits per heavy atom. The maximum Gasteiger partial charge on any atom is 0.296 e. The largest absolute Gasteiger partial charge is 0.456 e. The highest BCUT2D eigenvalue weighted by atomic mass is 32.2. The zero-order chi connectivity index (χ0) is 40.0. The van der Waals surface area contributed by atoms with Gasteiger partial charge in [-0.25, -0.2) is 4.99 Å². The Kier molecular flexibility index (Phi) is 11.1. The lowest BCUT2D eigenvalue weighted by atomic mass is 9.92. The highest BCUT2D eigenvalue weighted by molar-refractivity contribution is 7.86. The summed E-state index contributed by atoms with van der Waals surface area (Å²) in [5.74, 6) is 0.850. The molecule has 0 aromatic heterocycles. The van der Waals surface area contributed by atoms with Gasteiger partial charge in [0.25, 0.3) is 20.2 Å². The number of hydrogen-bond donors (Lipinski definition) is 2. The maximum atomic E-state index is 12.8. The van der Waals surface area contributed by atoms with Crippen LogP contribution in [0.4, 0.5) is 17.1 Å². The molecule has 0 radical (unpaired) electrons. The molecule has 0 atom stereocenters. The topological polar surface area (TPSA) is 135 Å². The van der Waals surface area contributed by atoms with Gasteiger partial charge in [-0.05, 0) is 88.4 Å². The van der Waals surface area contributed by atoms with Gasteiger partial charge in [-0.3, -0.25) is 8.74 Å². The van der Waals surface area contributed by atoms with E-state index in [4.69, 9.17) is 13.6 Å². The van der Waals surface area contributed by atoms with Crippen molar-refractivity contribution in [1.82, 2.24) is 0 Å². The first-order valence-electron chi connectivity index (χ1n) is 18.4. The lowest BCUT2D eigenvalue weighted by Gasteiger charge is -2.22. The lowest BCUT2D eigenvalue weighted by Crippen LogP contribution is -2.08. The van der Waals surface area contributed by atoms with Gasteiger partial charge < -0.3 is 9.73 Å². The van der Waals surface area contributed by atoms with E-state index in [0.29, 0.717) is 44.5 Å². The normalized spacial score (nSPS) is 12.9. The van der Waals surface area contributed by atoms with E-state index in [0.717, 1.165) is 29.6 Å². The molecule has 0 saturated heterocycles. The van der Waals surface area contributed by atoms with E-state index in [1.807, 2.05) is 58.0 Å². The SMILES string of the molecule is COS(=O)(=O)c1cc(C(C)C)c(N=c2ccc3c(-c4ccccc4S(=O)(=O)O)c4ccc(Nc5c(C(C)C)cccc5C(C)C)cc4oc-3c2)c(C(C)C)c1. The summed E-state index contributed by atoms with van der Waals surface area (Å²) in [7, 11) is -7.40. The molecule has 6 rings (SSSR count). The minimum atomic E-state index is -4.60. The van der Waals surface area contributed by atoms with Crippen LogP contribution in [0.25, 0.3) is 33.4 Å². The molecule has 1 aliphatic carbocycles. The highest BCUT2D eigenvalue weighted by Crippen LogP contribution is 2.44. The number of rotatable bonds is 11. The molecule has 9 nitrogen and oxygen atoms in total. The number of nitrogens with one attached hydrogen (secondary N) is 1. The molecule has 1 heterocycles. The summed E-state index contributed by atoms with van der Waals surface area (Å²) in [5, 5.41) is 4.87. The van der Waals surface area contributed by atoms with Crippen LogP contribution in [0.2, 0.25) is 0 Å². The predicted molar refractivity (Wildman–Crippen MR) is 220 cm³/mol. The van der Waals surface area contributed by atoms with Gasteiger partial charge in [0.05, 0.1) is 23.0 Å². The van der Waals surface area contributed by atoms with Gasteiger partial charge in [0.15, 0.2) is 0 Å². The standard InChI is InChI=1S/C44H48N2O7S2/c1-25(2)32-14-12-15-33(26(3)4)43(32)45-29-17-19-34-39(21-29)53-40-22-30(18-20-35(40)42(34)36-13-10-11-16-41(36)54(47,48)49)46-44-37(27(5)6)23-31(55(50,51)52-9)24-38(44)28(7)8/h10-28,45H,1-9H3,(H,47,48,49). The number of benzene rings is 5. The monoisotopic (exact) mass is 780 g/mol. The van der Waals surface area contributed by atoms with Crippen molar-refractivity contribution >= 4 is 48.3 Å². The molecule has 288 valence electrons. The highest BCUT2D eigenvalue weighted by Gasteiger charge is 2.25. The molecule has 0 fully saturated rings. The molecular weight excluding hydrogens is 733 g/mol. The van der Waals surface area contributed by atoms with Crippen LogP contribution >= 0.6 is 0 Å². The smallest absolute Gasteiger partial charge is 0.296 e. The third kappa shape index (κ3) is 7.98. The molecule has 0 saturated carbocycles. The summed E-state index contributed by atoms with van der Waals surface area (Å²) >= 11 is 0. The van der Waals surface area contributed by atoms with Crippen molar-refractivity contribution in [3.8, 4) is 22.5 Å². The zero-order valence-electron chi connectivity index (χ0n) is 32.6. The molecule has 2 aliphatic rings. The Labute approximate surface area is 324 Å². The second-order valence-corrected chi connectivity index (χ2v) is 18.2. The van der Waals surface area contributed by atoms with E-state index >= 15 is 0 Å². The van der Waals surface area contributed by atoms with E-state index in [-0.39, 0.29) is 33.5 Å². The summed E-state index contributed by atoms with van der Waals surface area (Å²) in [4.78, 5) is 4.96. The molecule has 4 aromatic rings. The quantitative estimate of drug-likeness (QED) is 0.0753. The zero-order valence-corrected chi connectivity index (χ0v) is 34.3. The van der Waals surface area contributed by atoms with Crippen LogP contribution in [0, 0.1) is 0 Å². The molecular formula is C44H48N2O7S2. The van der Waals surface area contributed by atoms with Crippen molar-refractivity contribution in [1.29, 1.82) is 0 Å². The fourth-order valence-corrected chi connectivity index (χ4v) is 8.52. The summed E-state index contributed by atoms with van der Waals surface area (Å²) < 4.78 is 72.9. The van der Waals surface area contributed by atoms with Gasteiger partial charge in [0, 0.05) is 45.6 Å². The molecule has 0 spiro atoms. The van der Waals surface area contributed by atoms with Gasteiger partial charge in [-0.2, -0.15) is 16.8 Å². The van der Waals surface area contributed by atoms with Gasteiger partial charge >= 0.3 is 0 Å². The van der Waals surface area contributed by atoms with Crippen LogP contribution < -0.4 is 10.7 Å². The second kappa shape index (κ2) is 15.4. The van der Waals surface area contributed by atoms with E-state index < -0.39 is 20.2 Å². The Hall–Kier alpha value is -4.81. The molecule has 4 aromatic carbocycles. The first-order chi connectivity index (χ1) is 25.9. The molecule has 2 N–H and O–H groups in total. The van der Waals surface area contributed by atoms with Gasteiger partial charge in [-0.15, -0.1) is 0 Å². The van der Waals surface area contributed by atoms with E-state index in [2.05, 4.69) is 51.2 Å². The summed E-state index contributed by atoms with van der Waals surface area (Å²) in [6.07, 6.45) is 0. The molecule has 55 heavy (non-hydrogen) atoms. The lowest BCUT2D eigenvalue weighted by molar-refractivity contribution is 0.397. The molecule has 0 unspecified atom stereocenters. The van der Waals surface area contributed by atoms with Gasteiger partial charge in [0.1, 0.15) is 16.2 Å². The Morgan fingerprint density at radius 2 is 1.27 bits per heavy atom. The minimum Gasteiger partial charge on any atom is -0.456 e. The van der Waals surface area contributed by atoms with Crippen molar-refractivity contribution < 1.29 is 30.0 Å². The van der Waals surface area contributed by atoms with Crippen LogP contribution in [0.1, 0.15) is 101 Å². The molecule has 0 amide bonds. The number of para-hydroxylation sites is 1. The third-order valence-electron chi connectivity index (χ3n) is 9.92. The van der Waals surface area contributed by atoms with Crippen molar-refractivity contribution in [3.63, 3.8) is 0 Å². The number of fused-ring (bicyclic) bond motifs is 2. The van der Waals surface area contributed by atoms with Crippen LogP contribution in [0.15, 0.2) is 110 Å². The first-order valence-corrected chi connectivity index (χ1v) is 21.3. The average Bonchev–Trinajstić information content (AvgIpc) is 3.13. The van der Waals surface area contributed by atoms with E-state index in [1.165, 1.54) is 17.2 Å². The Balaban J connectivity index is 1.65. The third-order valence-corrected chi connectivity index (χ3v) is 12.1. The van der Waals surface area contributed by atoms with E-state index in [9.17, 15) is 21.4 Å².